The highest BCUT2D eigenvalue weighted by Gasteiger charge is 2.33. The number of hydrogen-bond acceptors (Lipinski definition) is 5. The lowest BCUT2D eigenvalue weighted by Gasteiger charge is -2.39. The molecule has 3 heterocycles. The predicted octanol–water partition coefficient (Wildman–Crippen LogP) is 1.98. The van der Waals surface area contributed by atoms with E-state index in [0.717, 1.165) is 23.4 Å². The smallest absolute Gasteiger partial charge is 0.244 e. The second-order valence-corrected chi connectivity index (χ2v) is 6.37. The molecule has 7 heteroatoms. The van der Waals surface area contributed by atoms with Gasteiger partial charge in [0.2, 0.25) is 5.91 Å². The number of piperazine rings is 1. The van der Waals surface area contributed by atoms with Gasteiger partial charge in [0.1, 0.15) is 5.75 Å². The maximum atomic E-state index is 13.0. The average molecular weight is 351 g/mol. The first kappa shape index (κ1) is 16.5. The molecular weight excluding hydrogens is 330 g/mol. The van der Waals surface area contributed by atoms with Crippen molar-refractivity contribution < 1.29 is 9.53 Å². The van der Waals surface area contributed by atoms with Crippen molar-refractivity contribution in [3.63, 3.8) is 0 Å². The Morgan fingerprint density at radius 2 is 2.08 bits per heavy atom. The quantitative estimate of drug-likeness (QED) is 0.719. The number of hydrogen-bond donors (Lipinski definition) is 0. The summed E-state index contributed by atoms with van der Waals surface area (Å²) in [6.07, 6.45) is 5.46. The van der Waals surface area contributed by atoms with Crippen LogP contribution in [0.5, 0.6) is 5.75 Å². The highest BCUT2D eigenvalue weighted by atomic mass is 16.5. The van der Waals surface area contributed by atoms with Crippen molar-refractivity contribution in [3.05, 3.63) is 54.5 Å². The zero-order valence-corrected chi connectivity index (χ0v) is 14.9. The molecule has 1 aliphatic rings. The van der Waals surface area contributed by atoms with E-state index >= 15 is 0 Å². The van der Waals surface area contributed by atoms with E-state index in [9.17, 15) is 4.79 Å². The molecule has 0 N–H and O–H groups in total. The summed E-state index contributed by atoms with van der Waals surface area (Å²) >= 11 is 0. The molecule has 0 bridgehead atoms. The van der Waals surface area contributed by atoms with E-state index in [0.29, 0.717) is 18.8 Å². The van der Waals surface area contributed by atoms with Crippen LogP contribution >= 0.6 is 0 Å². The van der Waals surface area contributed by atoms with Gasteiger partial charge in [-0.2, -0.15) is 5.10 Å². The van der Waals surface area contributed by atoms with Crippen LogP contribution in [0.1, 0.15) is 12.5 Å². The summed E-state index contributed by atoms with van der Waals surface area (Å²) in [6, 6.07) is 9.25. The minimum atomic E-state index is -0.229. The topological polar surface area (TPSA) is 63.0 Å². The molecule has 1 unspecified atom stereocenters. The second kappa shape index (κ2) is 6.76. The van der Waals surface area contributed by atoms with E-state index in [-0.39, 0.29) is 11.9 Å². The largest absolute Gasteiger partial charge is 0.495 e. The van der Waals surface area contributed by atoms with Crippen molar-refractivity contribution in [2.24, 2.45) is 0 Å². The third-order valence-corrected chi connectivity index (χ3v) is 4.88. The van der Waals surface area contributed by atoms with Gasteiger partial charge >= 0.3 is 0 Å². The van der Waals surface area contributed by atoms with Gasteiger partial charge in [-0.3, -0.25) is 9.69 Å². The van der Waals surface area contributed by atoms with Gasteiger partial charge in [-0.15, -0.1) is 0 Å². The Bertz CT molecular complexity index is 938. The Balaban J connectivity index is 1.55. The van der Waals surface area contributed by atoms with Gasteiger partial charge in [0.05, 0.1) is 25.0 Å². The summed E-state index contributed by atoms with van der Waals surface area (Å²) in [6.45, 7) is 3.99. The van der Waals surface area contributed by atoms with Crippen LogP contribution in [0.3, 0.4) is 0 Å². The van der Waals surface area contributed by atoms with Crippen molar-refractivity contribution in [2.75, 3.05) is 25.1 Å². The Morgan fingerprint density at radius 3 is 2.92 bits per heavy atom. The number of amides is 1. The van der Waals surface area contributed by atoms with Gasteiger partial charge in [-0.05, 0) is 25.1 Å². The van der Waals surface area contributed by atoms with Crippen LogP contribution in [0.15, 0.2) is 48.9 Å². The van der Waals surface area contributed by atoms with Crippen LogP contribution < -0.4 is 9.64 Å². The van der Waals surface area contributed by atoms with E-state index in [1.165, 1.54) is 0 Å². The van der Waals surface area contributed by atoms with Gasteiger partial charge in [0.15, 0.2) is 5.65 Å². The molecule has 1 aliphatic heterocycles. The van der Waals surface area contributed by atoms with Crippen LogP contribution in [0.4, 0.5) is 5.69 Å². The number of benzene rings is 1. The molecule has 134 valence electrons. The number of nitrogens with zero attached hydrogens (tertiary/aromatic N) is 5. The number of anilines is 1. The summed E-state index contributed by atoms with van der Waals surface area (Å²) in [7, 11) is 1.63. The minimum Gasteiger partial charge on any atom is -0.495 e. The van der Waals surface area contributed by atoms with E-state index in [1.807, 2.05) is 54.5 Å². The molecule has 1 atom stereocenters. The third kappa shape index (κ3) is 2.80. The zero-order valence-electron chi connectivity index (χ0n) is 14.9. The predicted molar refractivity (Wildman–Crippen MR) is 98.2 cm³/mol. The van der Waals surface area contributed by atoms with Crippen LogP contribution in [0.25, 0.3) is 5.65 Å². The van der Waals surface area contributed by atoms with Crippen LogP contribution in [-0.4, -0.2) is 51.6 Å². The molecule has 0 radical (unpaired) electrons. The van der Waals surface area contributed by atoms with Crippen molar-refractivity contribution >= 4 is 17.2 Å². The molecule has 1 fully saturated rings. The highest BCUT2D eigenvalue weighted by molar-refractivity contribution is 5.99. The molecule has 4 rings (SSSR count). The van der Waals surface area contributed by atoms with Gasteiger partial charge in [0, 0.05) is 37.6 Å². The molecule has 1 amide bonds. The monoisotopic (exact) mass is 351 g/mol. The first-order chi connectivity index (χ1) is 12.7. The van der Waals surface area contributed by atoms with E-state index in [1.54, 1.807) is 17.8 Å². The molecule has 1 saturated heterocycles. The molecule has 7 nitrogen and oxygen atoms in total. The van der Waals surface area contributed by atoms with Crippen molar-refractivity contribution in [1.29, 1.82) is 0 Å². The summed E-state index contributed by atoms with van der Waals surface area (Å²) in [5.41, 5.74) is 2.68. The standard InChI is InChI=1S/C19H21N5O2/c1-14-19(25)23(16-6-3-4-7-17(16)26-2)11-10-22(14)13-15-12-21-24-9-5-8-20-18(15)24/h3-9,12,14H,10-11,13H2,1-2H3. The first-order valence-corrected chi connectivity index (χ1v) is 8.64. The number of aromatic nitrogens is 3. The summed E-state index contributed by atoms with van der Waals surface area (Å²) in [4.78, 5) is 21.4. The average Bonchev–Trinajstić information content (AvgIpc) is 3.09. The summed E-state index contributed by atoms with van der Waals surface area (Å²) in [5.74, 6) is 0.790. The number of carbonyl (C=O) groups excluding carboxylic acids is 1. The zero-order chi connectivity index (χ0) is 18.1. The van der Waals surface area contributed by atoms with E-state index < -0.39 is 0 Å². The first-order valence-electron chi connectivity index (χ1n) is 8.64. The number of methoxy groups -OCH3 is 1. The lowest BCUT2D eigenvalue weighted by atomic mass is 10.1. The lowest BCUT2D eigenvalue weighted by molar-refractivity contribution is -0.125. The van der Waals surface area contributed by atoms with Crippen molar-refractivity contribution in [3.8, 4) is 5.75 Å². The maximum Gasteiger partial charge on any atom is 0.244 e. The van der Waals surface area contributed by atoms with Gasteiger partial charge in [-0.25, -0.2) is 9.50 Å². The van der Waals surface area contributed by atoms with Gasteiger partial charge in [0.25, 0.3) is 0 Å². The molecule has 1 aromatic carbocycles. The second-order valence-electron chi connectivity index (χ2n) is 6.37. The SMILES string of the molecule is COc1ccccc1N1CCN(Cc2cnn3cccnc23)C(C)C1=O. The number of para-hydroxylation sites is 2. The fourth-order valence-corrected chi connectivity index (χ4v) is 3.43. The maximum absolute atomic E-state index is 13.0. The number of carbonyl (C=O) groups is 1. The molecule has 3 aromatic rings. The Labute approximate surface area is 151 Å². The summed E-state index contributed by atoms with van der Waals surface area (Å²) < 4.78 is 7.17. The highest BCUT2D eigenvalue weighted by Crippen LogP contribution is 2.30. The van der Waals surface area contributed by atoms with Crippen LogP contribution in [0, 0.1) is 0 Å². The van der Waals surface area contributed by atoms with Crippen LogP contribution in [-0.2, 0) is 11.3 Å². The number of rotatable bonds is 4. The van der Waals surface area contributed by atoms with Crippen LogP contribution in [0.2, 0.25) is 0 Å². The third-order valence-electron chi connectivity index (χ3n) is 4.88. The normalized spacial score (nSPS) is 18.5. The molecule has 0 saturated carbocycles. The summed E-state index contributed by atoms with van der Waals surface area (Å²) in [5, 5.41) is 4.33. The van der Waals surface area contributed by atoms with E-state index in [2.05, 4.69) is 15.0 Å². The Kier molecular flexibility index (Phi) is 4.30. The number of fused-ring (bicyclic) bond motifs is 1. The molecule has 26 heavy (non-hydrogen) atoms. The molecular formula is C19H21N5O2. The molecule has 0 spiro atoms. The Morgan fingerprint density at radius 1 is 1.23 bits per heavy atom. The van der Waals surface area contributed by atoms with Crippen molar-refractivity contribution in [1.82, 2.24) is 19.5 Å². The number of ether oxygens (including phenoxy) is 1. The van der Waals surface area contributed by atoms with Gasteiger partial charge < -0.3 is 9.64 Å². The molecule has 2 aromatic heterocycles. The van der Waals surface area contributed by atoms with Gasteiger partial charge in [-0.1, -0.05) is 12.1 Å². The lowest BCUT2D eigenvalue weighted by Crippen LogP contribution is -2.55. The fourth-order valence-electron chi connectivity index (χ4n) is 3.43. The van der Waals surface area contributed by atoms with E-state index in [4.69, 9.17) is 4.74 Å². The Hall–Kier alpha value is -2.93. The van der Waals surface area contributed by atoms with Crippen molar-refractivity contribution in [2.45, 2.75) is 19.5 Å². The minimum absolute atomic E-state index is 0.0742. The fraction of sp³-hybridized carbons (Fsp3) is 0.316. The molecule has 0 aliphatic carbocycles.